The van der Waals surface area contributed by atoms with Gasteiger partial charge in [0.25, 0.3) is 0 Å². The molecule has 0 spiro atoms. The number of nitrogens with zero attached hydrogens (tertiary/aromatic N) is 1. The van der Waals surface area contributed by atoms with Gasteiger partial charge in [0.15, 0.2) is 11.6 Å². The lowest BCUT2D eigenvalue weighted by atomic mass is 9.79. The first-order valence-electron chi connectivity index (χ1n) is 12.2. The van der Waals surface area contributed by atoms with Gasteiger partial charge in [-0.15, -0.1) is 0 Å². The predicted molar refractivity (Wildman–Crippen MR) is 139 cm³/mol. The molecule has 6 heteroatoms. The van der Waals surface area contributed by atoms with Gasteiger partial charge in [-0.3, -0.25) is 0 Å². The molecule has 2 N–H and O–H groups in total. The van der Waals surface area contributed by atoms with E-state index in [1.807, 2.05) is 49.3 Å². The van der Waals surface area contributed by atoms with Crippen molar-refractivity contribution >= 4 is 5.69 Å². The number of nitrogens with one attached hydrogen (secondary N) is 1. The highest BCUT2D eigenvalue weighted by Crippen LogP contribution is 2.38. The summed E-state index contributed by atoms with van der Waals surface area (Å²) < 4.78 is 25.5. The molecule has 0 fully saturated rings. The van der Waals surface area contributed by atoms with E-state index in [4.69, 9.17) is 9.47 Å². The molecule has 0 bridgehead atoms. The Morgan fingerprint density at radius 1 is 1.06 bits per heavy atom. The number of aromatic hydroxyl groups is 1. The van der Waals surface area contributed by atoms with Crippen molar-refractivity contribution in [2.75, 3.05) is 46.2 Å². The van der Waals surface area contributed by atoms with Gasteiger partial charge < -0.3 is 24.8 Å². The van der Waals surface area contributed by atoms with Gasteiger partial charge in [0.2, 0.25) is 0 Å². The van der Waals surface area contributed by atoms with Crippen molar-refractivity contribution in [2.45, 2.75) is 31.6 Å². The van der Waals surface area contributed by atoms with Gasteiger partial charge in [0, 0.05) is 24.8 Å². The fourth-order valence-electron chi connectivity index (χ4n) is 4.67. The Morgan fingerprint density at radius 2 is 1.91 bits per heavy atom. The molecule has 3 aromatic carbocycles. The molecule has 0 amide bonds. The summed E-state index contributed by atoms with van der Waals surface area (Å²) in [4.78, 5) is 2.00. The summed E-state index contributed by atoms with van der Waals surface area (Å²) in [5, 5.41) is 13.4. The van der Waals surface area contributed by atoms with Crippen LogP contribution in [0.25, 0.3) is 0 Å². The van der Waals surface area contributed by atoms with E-state index in [9.17, 15) is 9.50 Å². The Kier molecular flexibility index (Phi) is 8.13. The molecular formula is C29H35FN2O3. The summed E-state index contributed by atoms with van der Waals surface area (Å²) in [6.45, 7) is 1.87. The number of ether oxygens (including phenoxy) is 2. The van der Waals surface area contributed by atoms with E-state index >= 15 is 0 Å². The summed E-state index contributed by atoms with van der Waals surface area (Å²) in [5.41, 5.74) is 5.77. The number of methoxy groups -OCH3 is 1. The second-order valence-corrected chi connectivity index (χ2v) is 9.44. The normalized spacial score (nSPS) is 15.1. The van der Waals surface area contributed by atoms with Crippen LogP contribution in [-0.4, -0.2) is 50.9 Å². The SMILES string of the molecule is COc1ccc(C2CCc3cc(O)ccc3C2)c(NCCc2ccc(OCCN(C)C)c(F)c2)c1. The van der Waals surface area contributed by atoms with E-state index in [0.29, 0.717) is 37.0 Å². The Bertz CT molecular complexity index is 1150. The number of fused-ring (bicyclic) bond motifs is 1. The topological polar surface area (TPSA) is 54.0 Å². The fourth-order valence-corrected chi connectivity index (χ4v) is 4.67. The Labute approximate surface area is 207 Å². The van der Waals surface area contributed by atoms with Crippen LogP contribution in [0.3, 0.4) is 0 Å². The van der Waals surface area contributed by atoms with E-state index in [1.165, 1.54) is 16.7 Å². The van der Waals surface area contributed by atoms with E-state index < -0.39 is 0 Å². The zero-order chi connectivity index (χ0) is 24.8. The lowest BCUT2D eigenvalue weighted by Crippen LogP contribution is -2.19. The minimum absolute atomic E-state index is 0.296. The number of anilines is 1. The monoisotopic (exact) mass is 478 g/mol. The Hall–Kier alpha value is -3.25. The van der Waals surface area contributed by atoms with Crippen molar-refractivity contribution in [1.29, 1.82) is 0 Å². The van der Waals surface area contributed by atoms with Crippen LogP contribution in [0.5, 0.6) is 17.2 Å². The molecule has 5 nitrogen and oxygen atoms in total. The molecule has 4 rings (SSSR count). The fraction of sp³-hybridized carbons (Fsp3) is 0.379. The van der Waals surface area contributed by atoms with Crippen molar-refractivity contribution in [3.8, 4) is 17.2 Å². The lowest BCUT2D eigenvalue weighted by molar-refractivity contribution is 0.252. The van der Waals surface area contributed by atoms with Crippen molar-refractivity contribution in [1.82, 2.24) is 4.90 Å². The number of hydrogen-bond acceptors (Lipinski definition) is 5. The summed E-state index contributed by atoms with van der Waals surface area (Å²) >= 11 is 0. The molecule has 3 aromatic rings. The second kappa shape index (κ2) is 11.5. The maximum atomic E-state index is 14.5. The molecule has 186 valence electrons. The number of phenolic OH excluding ortho intramolecular Hbond substituents is 1. The molecule has 35 heavy (non-hydrogen) atoms. The zero-order valence-corrected chi connectivity index (χ0v) is 20.8. The molecule has 0 saturated heterocycles. The molecule has 0 aliphatic heterocycles. The van der Waals surface area contributed by atoms with Crippen LogP contribution in [0.4, 0.5) is 10.1 Å². The Morgan fingerprint density at radius 3 is 2.69 bits per heavy atom. The first kappa shape index (κ1) is 24.9. The Balaban J connectivity index is 1.41. The number of likely N-dealkylation sites (N-methyl/N-ethyl adjacent to an activating group) is 1. The standard InChI is InChI=1S/C29H35FN2O3/c1-32(2)14-15-35-29-11-4-20(16-27(29)30)12-13-31-28-19-25(34-3)9-10-26(28)23-6-5-22-18-24(33)8-7-21(22)17-23/h4,7-11,16,18-19,23,31,33H,5-6,12-15,17H2,1-3H3. The van der Waals surface area contributed by atoms with Crippen LogP contribution in [0.2, 0.25) is 0 Å². The first-order valence-corrected chi connectivity index (χ1v) is 12.2. The maximum Gasteiger partial charge on any atom is 0.165 e. The number of rotatable bonds is 10. The third-order valence-electron chi connectivity index (χ3n) is 6.64. The molecule has 1 atom stereocenters. The van der Waals surface area contributed by atoms with E-state index in [-0.39, 0.29) is 5.82 Å². The number of halogens is 1. The second-order valence-electron chi connectivity index (χ2n) is 9.44. The smallest absolute Gasteiger partial charge is 0.165 e. The largest absolute Gasteiger partial charge is 0.508 e. The highest BCUT2D eigenvalue weighted by Gasteiger charge is 2.23. The zero-order valence-electron chi connectivity index (χ0n) is 20.8. The average Bonchev–Trinajstić information content (AvgIpc) is 2.84. The highest BCUT2D eigenvalue weighted by atomic mass is 19.1. The summed E-state index contributed by atoms with van der Waals surface area (Å²) in [6.07, 6.45) is 3.61. The van der Waals surface area contributed by atoms with Gasteiger partial charge in [-0.2, -0.15) is 0 Å². The summed E-state index contributed by atoms with van der Waals surface area (Å²) in [7, 11) is 5.60. The first-order chi connectivity index (χ1) is 16.9. The summed E-state index contributed by atoms with van der Waals surface area (Å²) in [5.74, 6) is 1.50. The van der Waals surface area contributed by atoms with Crippen molar-refractivity contribution in [3.63, 3.8) is 0 Å². The number of hydrogen-bond donors (Lipinski definition) is 2. The van der Waals surface area contributed by atoms with Gasteiger partial charge in [-0.05, 0) is 98.3 Å². The third-order valence-corrected chi connectivity index (χ3v) is 6.64. The molecule has 1 unspecified atom stereocenters. The van der Waals surface area contributed by atoms with Gasteiger partial charge in [-0.25, -0.2) is 4.39 Å². The van der Waals surface area contributed by atoms with E-state index in [2.05, 4.69) is 11.4 Å². The van der Waals surface area contributed by atoms with E-state index in [0.717, 1.165) is 42.8 Å². The molecule has 1 aliphatic carbocycles. The minimum Gasteiger partial charge on any atom is -0.508 e. The van der Waals surface area contributed by atoms with Crippen LogP contribution < -0.4 is 14.8 Å². The molecular weight excluding hydrogens is 443 g/mol. The van der Waals surface area contributed by atoms with Crippen molar-refractivity contribution in [2.24, 2.45) is 0 Å². The van der Waals surface area contributed by atoms with Crippen molar-refractivity contribution < 1.29 is 19.0 Å². The van der Waals surface area contributed by atoms with Gasteiger partial charge in [-0.1, -0.05) is 18.2 Å². The molecule has 0 saturated carbocycles. The summed E-state index contributed by atoms with van der Waals surface area (Å²) in [6, 6.07) is 17.1. The van der Waals surface area contributed by atoms with Crippen LogP contribution in [-0.2, 0) is 19.3 Å². The van der Waals surface area contributed by atoms with Gasteiger partial charge in [0.1, 0.15) is 18.1 Å². The van der Waals surface area contributed by atoms with Crippen LogP contribution in [0.15, 0.2) is 54.6 Å². The number of benzene rings is 3. The molecule has 0 heterocycles. The molecule has 0 aromatic heterocycles. The van der Waals surface area contributed by atoms with Crippen LogP contribution in [0, 0.1) is 5.82 Å². The number of aryl methyl sites for hydroxylation is 1. The van der Waals surface area contributed by atoms with E-state index in [1.54, 1.807) is 25.3 Å². The number of phenols is 1. The van der Waals surface area contributed by atoms with Crippen molar-refractivity contribution in [3.05, 3.63) is 82.7 Å². The third kappa shape index (κ3) is 6.45. The molecule has 1 aliphatic rings. The van der Waals surface area contributed by atoms with Gasteiger partial charge >= 0.3 is 0 Å². The van der Waals surface area contributed by atoms with Crippen LogP contribution in [0.1, 0.15) is 34.6 Å². The van der Waals surface area contributed by atoms with Crippen LogP contribution >= 0.6 is 0 Å². The highest BCUT2D eigenvalue weighted by molar-refractivity contribution is 5.58. The lowest BCUT2D eigenvalue weighted by Gasteiger charge is -2.27. The van der Waals surface area contributed by atoms with Gasteiger partial charge in [0.05, 0.1) is 7.11 Å². The molecule has 0 radical (unpaired) electrons. The maximum absolute atomic E-state index is 14.5. The quantitative estimate of drug-likeness (QED) is 0.408. The minimum atomic E-state index is -0.324. The predicted octanol–water partition coefficient (Wildman–Crippen LogP) is 5.41. The average molecular weight is 479 g/mol.